The third-order valence-electron chi connectivity index (χ3n) is 7.40. The van der Waals surface area contributed by atoms with E-state index >= 15 is 0 Å². The summed E-state index contributed by atoms with van der Waals surface area (Å²) < 4.78 is 21.5. The molecule has 1 saturated heterocycles. The lowest BCUT2D eigenvalue weighted by atomic mass is 9.98. The Kier molecular flexibility index (Phi) is 6.30. The summed E-state index contributed by atoms with van der Waals surface area (Å²) in [6.07, 6.45) is 1.45. The van der Waals surface area contributed by atoms with Gasteiger partial charge in [-0.25, -0.2) is 4.98 Å². The minimum Gasteiger partial charge on any atom is -0.493 e. The number of fused-ring (bicyclic) bond motifs is 3. The van der Waals surface area contributed by atoms with Crippen LogP contribution in [0.4, 0.5) is 0 Å². The van der Waals surface area contributed by atoms with Crippen LogP contribution in [0.1, 0.15) is 60.8 Å². The van der Waals surface area contributed by atoms with E-state index in [1.54, 1.807) is 7.11 Å². The normalized spacial score (nSPS) is 16.5. The molecule has 0 spiro atoms. The highest BCUT2D eigenvalue weighted by Crippen LogP contribution is 2.41. The van der Waals surface area contributed by atoms with Crippen molar-refractivity contribution in [2.24, 2.45) is 7.05 Å². The molecule has 1 amide bonds. The number of amides is 1. The summed E-state index contributed by atoms with van der Waals surface area (Å²) >= 11 is 0. The number of ether oxygens (including phenoxy) is 3. The molecule has 9 heteroatoms. The van der Waals surface area contributed by atoms with Crippen LogP contribution in [0.3, 0.4) is 0 Å². The van der Waals surface area contributed by atoms with E-state index in [0.29, 0.717) is 43.4 Å². The van der Waals surface area contributed by atoms with E-state index in [0.717, 1.165) is 46.1 Å². The number of nitrogens with zero attached hydrogens (tertiary/aromatic N) is 5. The summed E-state index contributed by atoms with van der Waals surface area (Å²) in [4.78, 5) is 21.0. The second-order valence-electron chi connectivity index (χ2n) is 10.9. The first kappa shape index (κ1) is 25.3. The average Bonchev–Trinajstić information content (AvgIpc) is 3.33. The van der Waals surface area contributed by atoms with Crippen molar-refractivity contribution < 1.29 is 19.0 Å². The van der Waals surface area contributed by atoms with Gasteiger partial charge in [-0.15, -0.1) is 0 Å². The maximum atomic E-state index is 14.1. The quantitative estimate of drug-likeness (QED) is 0.519. The predicted molar refractivity (Wildman–Crippen MR) is 141 cm³/mol. The highest BCUT2D eigenvalue weighted by atomic mass is 16.5. The van der Waals surface area contributed by atoms with E-state index in [2.05, 4.69) is 15.7 Å². The number of benzene rings is 1. The molecule has 0 bridgehead atoms. The van der Waals surface area contributed by atoms with Crippen molar-refractivity contribution in [1.29, 1.82) is 0 Å². The van der Waals surface area contributed by atoms with Gasteiger partial charge in [-0.05, 0) is 66.0 Å². The molecular weight excluding hydrogens is 470 g/mol. The van der Waals surface area contributed by atoms with Crippen LogP contribution in [-0.2, 0) is 24.6 Å². The molecule has 2 aromatic heterocycles. The molecule has 1 fully saturated rings. The smallest absolute Gasteiger partial charge is 0.274 e. The van der Waals surface area contributed by atoms with Crippen LogP contribution >= 0.6 is 0 Å². The fourth-order valence-electron chi connectivity index (χ4n) is 5.50. The van der Waals surface area contributed by atoms with Crippen molar-refractivity contribution in [1.82, 2.24) is 24.2 Å². The molecule has 5 rings (SSSR count). The van der Waals surface area contributed by atoms with Crippen molar-refractivity contribution in [3.63, 3.8) is 0 Å². The Morgan fingerprint density at radius 3 is 2.54 bits per heavy atom. The van der Waals surface area contributed by atoms with Crippen LogP contribution in [0.25, 0.3) is 17.1 Å². The molecule has 0 aliphatic carbocycles. The number of methoxy groups -OCH3 is 1. The fraction of sp³-hybridized carbons (Fsp3) is 0.536. The number of rotatable bonds is 5. The second kappa shape index (κ2) is 9.20. The topological polar surface area (TPSA) is 83.6 Å². The van der Waals surface area contributed by atoms with Crippen molar-refractivity contribution in [3.05, 3.63) is 40.5 Å². The van der Waals surface area contributed by atoms with Gasteiger partial charge in [0.05, 0.1) is 54.6 Å². The van der Waals surface area contributed by atoms with E-state index in [9.17, 15) is 4.79 Å². The van der Waals surface area contributed by atoms with E-state index in [4.69, 9.17) is 19.2 Å². The molecule has 0 saturated carbocycles. The van der Waals surface area contributed by atoms with Gasteiger partial charge in [0.2, 0.25) is 0 Å². The van der Waals surface area contributed by atoms with Gasteiger partial charge in [0.15, 0.2) is 17.2 Å². The summed E-state index contributed by atoms with van der Waals surface area (Å²) in [7, 11) is 3.59. The number of carbonyl (C=O) groups is 1. The first-order valence-corrected chi connectivity index (χ1v) is 12.9. The monoisotopic (exact) mass is 507 g/mol. The van der Waals surface area contributed by atoms with Crippen LogP contribution in [-0.4, -0.2) is 68.6 Å². The van der Waals surface area contributed by atoms with Gasteiger partial charge in [0.1, 0.15) is 5.82 Å². The van der Waals surface area contributed by atoms with E-state index in [1.165, 1.54) is 0 Å². The Morgan fingerprint density at radius 2 is 1.92 bits per heavy atom. The Hall–Kier alpha value is -3.33. The van der Waals surface area contributed by atoms with Crippen molar-refractivity contribution in [2.45, 2.75) is 66.0 Å². The van der Waals surface area contributed by atoms with Crippen LogP contribution in [0.15, 0.2) is 12.1 Å². The Bertz CT molecular complexity index is 1370. The Morgan fingerprint density at radius 1 is 1.16 bits per heavy atom. The molecule has 0 atom stereocenters. The lowest BCUT2D eigenvalue weighted by Crippen LogP contribution is -2.55. The Labute approximate surface area is 218 Å². The maximum Gasteiger partial charge on any atom is 0.274 e. The minimum absolute atomic E-state index is 0.0132. The zero-order valence-electron chi connectivity index (χ0n) is 23.1. The number of aryl methyl sites for hydroxylation is 3. The van der Waals surface area contributed by atoms with E-state index in [-0.39, 0.29) is 12.0 Å². The van der Waals surface area contributed by atoms with Gasteiger partial charge in [-0.1, -0.05) is 0 Å². The first-order valence-electron chi connectivity index (χ1n) is 12.9. The average molecular weight is 508 g/mol. The molecule has 37 heavy (non-hydrogen) atoms. The lowest BCUT2D eigenvalue weighted by Gasteiger charge is -2.41. The molecule has 2 aliphatic rings. The van der Waals surface area contributed by atoms with Gasteiger partial charge in [-0.3, -0.25) is 14.0 Å². The number of hydrogen-bond donors (Lipinski definition) is 0. The van der Waals surface area contributed by atoms with Gasteiger partial charge in [0, 0.05) is 25.4 Å². The summed E-state index contributed by atoms with van der Waals surface area (Å²) in [5.74, 6) is 2.05. The number of aromatic nitrogens is 4. The zero-order chi connectivity index (χ0) is 26.6. The summed E-state index contributed by atoms with van der Waals surface area (Å²) in [5, 5.41) is 4.65. The predicted octanol–water partition coefficient (Wildman–Crippen LogP) is 4.04. The number of carbonyl (C=O) groups excluding carboxylic acids is 1. The van der Waals surface area contributed by atoms with Crippen molar-refractivity contribution in [2.75, 3.05) is 26.9 Å². The number of hydrogen-bond acceptors (Lipinski definition) is 6. The van der Waals surface area contributed by atoms with Crippen LogP contribution in [0.5, 0.6) is 11.5 Å². The van der Waals surface area contributed by atoms with Crippen LogP contribution in [0.2, 0.25) is 0 Å². The molecule has 3 aromatic rings. The molecule has 0 N–H and O–H groups in total. The fourth-order valence-corrected chi connectivity index (χ4v) is 5.50. The molecule has 9 nitrogen and oxygen atoms in total. The van der Waals surface area contributed by atoms with Crippen LogP contribution < -0.4 is 9.47 Å². The van der Waals surface area contributed by atoms with E-state index < -0.39 is 5.54 Å². The zero-order valence-corrected chi connectivity index (χ0v) is 23.1. The highest BCUT2D eigenvalue weighted by Gasteiger charge is 2.39. The largest absolute Gasteiger partial charge is 0.493 e. The van der Waals surface area contributed by atoms with E-state index in [1.807, 2.05) is 64.2 Å². The molecule has 1 aromatic carbocycles. The van der Waals surface area contributed by atoms with Gasteiger partial charge in [0.25, 0.3) is 5.91 Å². The minimum atomic E-state index is -0.412. The SMILES string of the molecule is COc1cc2c(cc1OC(C)C)-n1c(-c3c(C)nn(C)c3C)nc(C(=O)N3CCOCC3(C)C)c1CC2. The Balaban J connectivity index is 1.75. The third kappa shape index (κ3) is 4.19. The molecule has 198 valence electrons. The molecular formula is C28H37N5O4. The standard InChI is InChI=1S/C28H37N5O4/c1-16(2)37-23-14-21-19(13-22(23)35-8)9-10-20-25(27(34)32-11-12-36-15-28(32,5)6)29-26(33(20)21)24-17(3)30-31(7)18(24)4/h13-14,16H,9-12,15H2,1-8H3. The second-order valence-corrected chi connectivity index (χ2v) is 10.9. The van der Waals surface area contributed by atoms with Crippen molar-refractivity contribution >= 4 is 5.91 Å². The summed E-state index contributed by atoms with van der Waals surface area (Å²) in [5.41, 5.74) is 5.91. The molecule has 2 aliphatic heterocycles. The number of imidazole rings is 1. The summed E-state index contributed by atoms with van der Waals surface area (Å²) in [6, 6.07) is 4.07. The highest BCUT2D eigenvalue weighted by molar-refractivity contribution is 5.95. The summed E-state index contributed by atoms with van der Waals surface area (Å²) in [6.45, 7) is 13.7. The van der Waals surface area contributed by atoms with Gasteiger partial charge >= 0.3 is 0 Å². The van der Waals surface area contributed by atoms with Crippen LogP contribution in [0, 0.1) is 13.8 Å². The number of morpholine rings is 1. The third-order valence-corrected chi connectivity index (χ3v) is 7.40. The maximum absolute atomic E-state index is 14.1. The molecule has 0 unspecified atom stereocenters. The van der Waals surface area contributed by atoms with Gasteiger partial charge in [-0.2, -0.15) is 5.10 Å². The molecule has 4 heterocycles. The van der Waals surface area contributed by atoms with Crippen molar-refractivity contribution in [3.8, 4) is 28.6 Å². The lowest BCUT2D eigenvalue weighted by molar-refractivity contribution is -0.0373. The van der Waals surface area contributed by atoms with Gasteiger partial charge < -0.3 is 19.1 Å². The molecule has 0 radical (unpaired) electrons. The first-order chi connectivity index (χ1) is 17.5.